The van der Waals surface area contributed by atoms with Crippen molar-refractivity contribution in [2.75, 3.05) is 18.2 Å². The molecule has 1 amide bonds. The maximum Gasteiger partial charge on any atom is 0.234 e. The average Bonchev–Trinajstić information content (AvgIpc) is 3.30. The van der Waals surface area contributed by atoms with Crippen LogP contribution in [0.4, 0.5) is 5.69 Å². The predicted molar refractivity (Wildman–Crippen MR) is 129 cm³/mol. The summed E-state index contributed by atoms with van der Waals surface area (Å²) in [6.07, 6.45) is 0. The van der Waals surface area contributed by atoms with E-state index in [0.717, 1.165) is 5.69 Å². The zero-order valence-electron chi connectivity index (χ0n) is 18.3. The van der Waals surface area contributed by atoms with Gasteiger partial charge >= 0.3 is 0 Å². The second-order valence-electron chi connectivity index (χ2n) is 7.03. The Balaban J connectivity index is 1.49. The molecule has 1 aromatic heterocycles. The molecule has 0 saturated heterocycles. The van der Waals surface area contributed by atoms with Gasteiger partial charge in [0.15, 0.2) is 11.0 Å². The van der Waals surface area contributed by atoms with Crippen molar-refractivity contribution in [3.63, 3.8) is 0 Å². The molecule has 170 valence electrons. The number of para-hydroxylation sites is 3. The summed E-state index contributed by atoms with van der Waals surface area (Å²) in [5.74, 6) is 1.75. The van der Waals surface area contributed by atoms with Gasteiger partial charge in [-0.2, -0.15) is 5.26 Å². The van der Waals surface area contributed by atoms with Gasteiger partial charge in [0.25, 0.3) is 0 Å². The smallest absolute Gasteiger partial charge is 0.234 e. The average molecular weight is 472 g/mol. The van der Waals surface area contributed by atoms with Crippen molar-refractivity contribution < 1.29 is 14.3 Å². The lowest BCUT2D eigenvalue weighted by Gasteiger charge is -2.12. The van der Waals surface area contributed by atoms with Gasteiger partial charge in [-0.25, -0.2) is 0 Å². The van der Waals surface area contributed by atoms with Gasteiger partial charge in [-0.1, -0.05) is 42.1 Å². The zero-order chi connectivity index (χ0) is 23.8. The van der Waals surface area contributed by atoms with Crippen LogP contribution in [0, 0.1) is 11.3 Å². The number of ether oxygens (including phenoxy) is 2. The fraction of sp³-hybridized carbons (Fsp3) is 0.120. The first kappa shape index (κ1) is 22.9. The Morgan fingerprint density at radius 2 is 1.76 bits per heavy atom. The highest BCUT2D eigenvalue weighted by atomic mass is 32.2. The fourth-order valence-corrected chi connectivity index (χ4v) is 3.93. The number of carbonyl (C=O) groups is 1. The minimum atomic E-state index is -0.188. The van der Waals surface area contributed by atoms with E-state index < -0.39 is 0 Å². The second-order valence-corrected chi connectivity index (χ2v) is 7.97. The molecule has 0 unspecified atom stereocenters. The Labute approximate surface area is 201 Å². The molecule has 0 aliphatic heterocycles. The van der Waals surface area contributed by atoms with E-state index in [1.54, 1.807) is 43.5 Å². The molecule has 34 heavy (non-hydrogen) atoms. The van der Waals surface area contributed by atoms with Crippen LogP contribution in [0.2, 0.25) is 0 Å². The first-order chi connectivity index (χ1) is 16.7. The SMILES string of the molecule is COc1ccccc1NC(=O)CSc1nnc(COc2ccc(C#N)cc2)n1-c1ccccc1. The van der Waals surface area contributed by atoms with Crippen LogP contribution in [0.25, 0.3) is 5.69 Å². The van der Waals surface area contributed by atoms with Crippen molar-refractivity contribution in [3.05, 3.63) is 90.3 Å². The molecule has 4 aromatic rings. The minimum Gasteiger partial charge on any atom is -0.495 e. The van der Waals surface area contributed by atoms with E-state index in [1.807, 2.05) is 47.0 Å². The molecule has 0 aliphatic rings. The molecule has 1 heterocycles. The van der Waals surface area contributed by atoms with Crippen molar-refractivity contribution in [3.8, 4) is 23.3 Å². The number of nitrogens with zero attached hydrogens (tertiary/aromatic N) is 4. The van der Waals surface area contributed by atoms with E-state index in [1.165, 1.54) is 11.8 Å². The van der Waals surface area contributed by atoms with Crippen LogP contribution in [0.5, 0.6) is 11.5 Å². The van der Waals surface area contributed by atoms with E-state index >= 15 is 0 Å². The Bertz CT molecular complexity index is 1300. The lowest BCUT2D eigenvalue weighted by atomic mass is 10.2. The van der Waals surface area contributed by atoms with Crippen LogP contribution in [-0.4, -0.2) is 33.5 Å². The highest BCUT2D eigenvalue weighted by molar-refractivity contribution is 7.99. The van der Waals surface area contributed by atoms with Crippen molar-refractivity contribution in [2.45, 2.75) is 11.8 Å². The standard InChI is InChI=1S/C25H21N5O3S/c1-32-22-10-6-5-9-21(22)27-24(31)17-34-25-29-28-23(30(25)19-7-3-2-4-8-19)16-33-20-13-11-18(15-26)12-14-20/h2-14H,16-17H2,1H3,(H,27,31). The number of benzene rings is 3. The van der Waals surface area contributed by atoms with Gasteiger partial charge in [0, 0.05) is 5.69 Å². The normalized spacial score (nSPS) is 10.4. The number of aromatic nitrogens is 3. The van der Waals surface area contributed by atoms with Crippen LogP contribution in [0.15, 0.2) is 84.0 Å². The summed E-state index contributed by atoms with van der Waals surface area (Å²) < 4.78 is 13.0. The quantitative estimate of drug-likeness (QED) is 0.360. The molecule has 0 atom stereocenters. The maximum atomic E-state index is 12.6. The fourth-order valence-electron chi connectivity index (χ4n) is 3.16. The summed E-state index contributed by atoms with van der Waals surface area (Å²) in [5, 5.41) is 21.0. The number of methoxy groups -OCH3 is 1. The summed E-state index contributed by atoms with van der Waals surface area (Å²) in [4.78, 5) is 12.6. The largest absolute Gasteiger partial charge is 0.495 e. The number of amides is 1. The lowest BCUT2D eigenvalue weighted by Crippen LogP contribution is -2.15. The molecule has 0 fully saturated rings. The third-order valence-corrected chi connectivity index (χ3v) is 5.71. The molecule has 3 aromatic carbocycles. The van der Waals surface area contributed by atoms with Crippen LogP contribution in [-0.2, 0) is 11.4 Å². The predicted octanol–water partition coefficient (Wildman–Crippen LogP) is 4.46. The minimum absolute atomic E-state index is 0.138. The third-order valence-electron chi connectivity index (χ3n) is 4.78. The molecule has 0 aliphatic carbocycles. The Kier molecular flexibility index (Phi) is 7.42. The molecule has 9 heteroatoms. The molecular weight excluding hydrogens is 450 g/mol. The number of rotatable bonds is 9. The summed E-state index contributed by atoms with van der Waals surface area (Å²) in [7, 11) is 1.56. The summed E-state index contributed by atoms with van der Waals surface area (Å²) in [5.41, 5.74) is 2.03. The first-order valence-electron chi connectivity index (χ1n) is 10.4. The number of thioether (sulfide) groups is 1. The number of nitrogens with one attached hydrogen (secondary N) is 1. The van der Waals surface area contributed by atoms with Crippen molar-refractivity contribution in [2.24, 2.45) is 0 Å². The van der Waals surface area contributed by atoms with E-state index in [9.17, 15) is 4.79 Å². The Hall–Kier alpha value is -4.29. The van der Waals surface area contributed by atoms with Crippen molar-refractivity contribution in [1.82, 2.24) is 14.8 Å². The molecular formula is C25H21N5O3S. The molecule has 4 rings (SSSR count). The number of carbonyl (C=O) groups excluding carboxylic acids is 1. The van der Waals surface area contributed by atoms with Crippen LogP contribution in [0.1, 0.15) is 11.4 Å². The third kappa shape index (κ3) is 5.54. The molecule has 0 spiro atoms. The highest BCUT2D eigenvalue weighted by Crippen LogP contribution is 2.26. The Morgan fingerprint density at radius 3 is 2.50 bits per heavy atom. The van der Waals surface area contributed by atoms with Gasteiger partial charge in [-0.3, -0.25) is 9.36 Å². The van der Waals surface area contributed by atoms with E-state index in [-0.39, 0.29) is 18.3 Å². The van der Waals surface area contributed by atoms with E-state index in [0.29, 0.717) is 33.7 Å². The molecule has 8 nitrogen and oxygen atoms in total. The number of hydrogen-bond donors (Lipinski definition) is 1. The monoisotopic (exact) mass is 471 g/mol. The molecule has 0 bridgehead atoms. The number of anilines is 1. The van der Waals surface area contributed by atoms with Gasteiger partial charge in [-0.05, 0) is 48.5 Å². The van der Waals surface area contributed by atoms with Gasteiger partial charge in [0.2, 0.25) is 5.91 Å². The molecule has 0 radical (unpaired) electrons. The summed E-state index contributed by atoms with van der Waals surface area (Å²) >= 11 is 1.28. The highest BCUT2D eigenvalue weighted by Gasteiger charge is 2.17. The van der Waals surface area contributed by atoms with Crippen LogP contribution < -0.4 is 14.8 Å². The van der Waals surface area contributed by atoms with Gasteiger partial charge in [0.05, 0.1) is 30.2 Å². The maximum absolute atomic E-state index is 12.6. The molecule has 1 N–H and O–H groups in total. The number of nitriles is 1. The van der Waals surface area contributed by atoms with Gasteiger partial charge in [-0.15, -0.1) is 10.2 Å². The van der Waals surface area contributed by atoms with Gasteiger partial charge < -0.3 is 14.8 Å². The molecule has 0 saturated carbocycles. The number of hydrogen-bond acceptors (Lipinski definition) is 7. The topological polar surface area (TPSA) is 102 Å². The Morgan fingerprint density at radius 1 is 1.03 bits per heavy atom. The van der Waals surface area contributed by atoms with Crippen LogP contribution in [0.3, 0.4) is 0 Å². The van der Waals surface area contributed by atoms with Crippen molar-refractivity contribution in [1.29, 1.82) is 5.26 Å². The van der Waals surface area contributed by atoms with Gasteiger partial charge in [0.1, 0.15) is 18.1 Å². The van der Waals surface area contributed by atoms with E-state index in [4.69, 9.17) is 14.7 Å². The lowest BCUT2D eigenvalue weighted by molar-refractivity contribution is -0.113. The summed E-state index contributed by atoms with van der Waals surface area (Å²) in [6.45, 7) is 0.168. The zero-order valence-corrected chi connectivity index (χ0v) is 19.2. The first-order valence-corrected chi connectivity index (χ1v) is 11.3. The van der Waals surface area contributed by atoms with Crippen LogP contribution >= 0.6 is 11.8 Å². The van der Waals surface area contributed by atoms with E-state index in [2.05, 4.69) is 21.6 Å². The summed E-state index contributed by atoms with van der Waals surface area (Å²) in [6, 6.07) is 25.8. The second kappa shape index (κ2) is 11.0. The van der Waals surface area contributed by atoms with Crippen molar-refractivity contribution >= 4 is 23.4 Å².